The Morgan fingerprint density at radius 3 is 2.74 bits per heavy atom. The number of hydrogen-bond donors (Lipinski definition) is 3. The fourth-order valence-corrected chi connectivity index (χ4v) is 4.37. The van der Waals surface area contributed by atoms with Crippen molar-refractivity contribution < 1.29 is 14.2 Å². The summed E-state index contributed by atoms with van der Waals surface area (Å²) in [7, 11) is 3.91. The molecule has 0 spiro atoms. The topological polar surface area (TPSA) is 116 Å². The lowest BCUT2D eigenvalue weighted by Gasteiger charge is -2.12. The van der Waals surface area contributed by atoms with Crippen LogP contribution in [0.5, 0.6) is 11.5 Å². The maximum atomic E-state index is 14.5. The van der Waals surface area contributed by atoms with E-state index in [0.29, 0.717) is 40.6 Å². The Morgan fingerprint density at radius 1 is 1.00 bits per heavy atom. The molecule has 38 heavy (non-hydrogen) atoms. The Labute approximate surface area is 217 Å². The minimum atomic E-state index is -0.390. The van der Waals surface area contributed by atoms with Gasteiger partial charge < -0.3 is 19.7 Å². The van der Waals surface area contributed by atoms with E-state index in [-0.39, 0.29) is 11.6 Å². The number of H-pyrrole nitrogens is 2. The van der Waals surface area contributed by atoms with Crippen molar-refractivity contribution in [3.8, 4) is 45.3 Å². The summed E-state index contributed by atoms with van der Waals surface area (Å²) in [5.74, 6) is 0.684. The van der Waals surface area contributed by atoms with Gasteiger partial charge in [-0.2, -0.15) is 5.10 Å². The summed E-state index contributed by atoms with van der Waals surface area (Å²) in [6, 6.07) is 14.0. The Hall–Kier alpha value is -4.83. The average molecular weight is 510 g/mol. The molecule has 3 N–H and O–H groups in total. The van der Waals surface area contributed by atoms with Crippen molar-refractivity contribution in [3.63, 3.8) is 0 Å². The van der Waals surface area contributed by atoms with Crippen LogP contribution in [0.15, 0.2) is 67.1 Å². The summed E-state index contributed by atoms with van der Waals surface area (Å²) in [6.45, 7) is 1.17. The van der Waals surface area contributed by atoms with E-state index in [1.165, 1.54) is 18.3 Å². The van der Waals surface area contributed by atoms with Crippen LogP contribution < -0.4 is 4.74 Å². The fourth-order valence-electron chi connectivity index (χ4n) is 4.37. The normalized spacial score (nSPS) is 11.6. The number of nitrogens with one attached hydrogen (secondary N) is 2. The SMILES string of the molecule is CN(C)CCOc1cc(F)cc(-c2ccnc3nc(-c4n[nH]c5ccc(-c6cncc(O)c6)cc45)[nH]c23)c1. The highest BCUT2D eigenvalue weighted by Gasteiger charge is 2.17. The average Bonchev–Trinajstić information content (AvgIpc) is 3.51. The van der Waals surface area contributed by atoms with E-state index < -0.39 is 0 Å². The molecule has 0 radical (unpaired) electrons. The van der Waals surface area contributed by atoms with Crippen LogP contribution in [-0.2, 0) is 0 Å². The third kappa shape index (κ3) is 4.53. The molecule has 4 heterocycles. The molecule has 0 fully saturated rings. The number of hydrogen-bond acceptors (Lipinski definition) is 7. The van der Waals surface area contributed by atoms with E-state index in [1.807, 2.05) is 49.3 Å². The Bertz CT molecular complexity index is 1780. The molecule has 0 saturated carbocycles. The number of fused-ring (bicyclic) bond motifs is 2. The van der Waals surface area contributed by atoms with Crippen LogP contribution in [0.1, 0.15) is 0 Å². The summed E-state index contributed by atoms with van der Waals surface area (Å²) in [4.78, 5) is 18.5. The van der Waals surface area contributed by atoms with Gasteiger partial charge in [-0.25, -0.2) is 14.4 Å². The van der Waals surface area contributed by atoms with Gasteiger partial charge in [-0.1, -0.05) is 6.07 Å². The van der Waals surface area contributed by atoms with Gasteiger partial charge >= 0.3 is 0 Å². The molecule has 0 atom stereocenters. The van der Waals surface area contributed by atoms with Crippen molar-refractivity contribution in [2.45, 2.75) is 0 Å². The molecule has 0 aliphatic rings. The van der Waals surface area contributed by atoms with Crippen LogP contribution in [0.2, 0.25) is 0 Å². The number of aromatic hydroxyl groups is 1. The molecule has 190 valence electrons. The summed E-state index contributed by atoms with van der Waals surface area (Å²) < 4.78 is 20.3. The van der Waals surface area contributed by atoms with Crippen LogP contribution in [0.25, 0.3) is 55.8 Å². The number of halogens is 1. The van der Waals surface area contributed by atoms with Crippen LogP contribution in [0.3, 0.4) is 0 Å². The molecule has 10 heteroatoms. The number of aromatic amines is 2. The van der Waals surface area contributed by atoms with Crippen molar-refractivity contribution in [2.24, 2.45) is 0 Å². The largest absolute Gasteiger partial charge is 0.506 e. The van der Waals surface area contributed by atoms with E-state index >= 15 is 0 Å². The van der Waals surface area contributed by atoms with Gasteiger partial charge in [-0.15, -0.1) is 0 Å². The number of ether oxygens (including phenoxy) is 1. The van der Waals surface area contributed by atoms with Gasteiger partial charge in [0.05, 0.1) is 17.2 Å². The van der Waals surface area contributed by atoms with Crippen molar-refractivity contribution in [3.05, 3.63) is 72.9 Å². The second-order valence-corrected chi connectivity index (χ2v) is 9.23. The first-order valence-electron chi connectivity index (χ1n) is 12.0. The third-order valence-electron chi connectivity index (χ3n) is 6.23. The Morgan fingerprint density at radius 2 is 1.89 bits per heavy atom. The van der Waals surface area contributed by atoms with Gasteiger partial charge in [0, 0.05) is 41.5 Å². The van der Waals surface area contributed by atoms with Crippen LogP contribution in [-0.4, -0.2) is 67.4 Å². The van der Waals surface area contributed by atoms with E-state index in [1.54, 1.807) is 18.5 Å². The zero-order valence-electron chi connectivity index (χ0n) is 20.7. The number of likely N-dealkylation sites (N-methyl/N-ethyl adjacent to an activating group) is 1. The maximum absolute atomic E-state index is 14.5. The first-order valence-corrected chi connectivity index (χ1v) is 12.0. The lowest BCUT2D eigenvalue weighted by Crippen LogP contribution is -2.19. The highest BCUT2D eigenvalue weighted by atomic mass is 19.1. The van der Waals surface area contributed by atoms with E-state index in [2.05, 4.69) is 30.1 Å². The minimum Gasteiger partial charge on any atom is -0.506 e. The smallest absolute Gasteiger partial charge is 0.178 e. The van der Waals surface area contributed by atoms with Gasteiger partial charge in [0.25, 0.3) is 0 Å². The summed E-state index contributed by atoms with van der Waals surface area (Å²) in [6.07, 6.45) is 4.73. The Kier molecular flexibility index (Phi) is 5.93. The molecule has 0 amide bonds. The van der Waals surface area contributed by atoms with E-state index in [0.717, 1.165) is 34.1 Å². The molecular formula is C28H24FN7O2. The van der Waals surface area contributed by atoms with Gasteiger partial charge in [0.1, 0.15) is 29.6 Å². The quantitative estimate of drug-likeness (QED) is 0.277. The lowest BCUT2D eigenvalue weighted by atomic mass is 10.0. The van der Waals surface area contributed by atoms with E-state index in [4.69, 9.17) is 4.74 Å². The molecule has 9 nitrogen and oxygen atoms in total. The lowest BCUT2D eigenvalue weighted by molar-refractivity contribution is 0.260. The summed E-state index contributed by atoms with van der Waals surface area (Å²) in [5.41, 5.74) is 5.65. The third-order valence-corrected chi connectivity index (χ3v) is 6.23. The molecule has 6 aromatic rings. The van der Waals surface area contributed by atoms with Crippen molar-refractivity contribution in [2.75, 3.05) is 27.2 Å². The maximum Gasteiger partial charge on any atom is 0.178 e. The number of nitrogens with zero attached hydrogens (tertiary/aromatic N) is 5. The summed E-state index contributed by atoms with van der Waals surface area (Å²) in [5, 5.41) is 18.2. The molecular weight excluding hydrogens is 485 g/mol. The monoisotopic (exact) mass is 509 g/mol. The fraction of sp³-hybridized carbons (Fsp3) is 0.143. The van der Waals surface area contributed by atoms with Gasteiger partial charge in [0.15, 0.2) is 11.5 Å². The van der Waals surface area contributed by atoms with Crippen molar-refractivity contribution in [1.82, 2.24) is 35.0 Å². The second kappa shape index (κ2) is 9.56. The zero-order valence-corrected chi connectivity index (χ0v) is 20.7. The molecule has 0 bridgehead atoms. The number of aromatic nitrogens is 6. The predicted octanol–water partition coefficient (Wildman–Crippen LogP) is 5.02. The summed E-state index contributed by atoms with van der Waals surface area (Å²) >= 11 is 0. The number of rotatable bonds is 7. The highest BCUT2D eigenvalue weighted by molar-refractivity contribution is 5.97. The minimum absolute atomic E-state index is 0.0921. The number of benzene rings is 2. The van der Waals surface area contributed by atoms with Crippen LogP contribution in [0.4, 0.5) is 4.39 Å². The van der Waals surface area contributed by atoms with Gasteiger partial charge in [-0.05, 0) is 61.6 Å². The van der Waals surface area contributed by atoms with Crippen molar-refractivity contribution >= 4 is 22.1 Å². The number of pyridine rings is 2. The Balaban J connectivity index is 1.40. The standard InChI is InChI=1S/C28H24FN7O2/c1-36(2)7-8-38-21-11-17(9-19(29)13-21)22-5-6-31-27-25(22)32-28(33-27)26-23-12-16(3-4-24(23)34-35-26)18-10-20(37)15-30-14-18/h3-6,9-15,37H,7-8H2,1-2H3,(H,34,35)(H,31,32,33). The molecule has 4 aromatic heterocycles. The first kappa shape index (κ1) is 23.6. The van der Waals surface area contributed by atoms with Crippen molar-refractivity contribution in [1.29, 1.82) is 0 Å². The molecule has 2 aromatic carbocycles. The first-order chi connectivity index (χ1) is 18.4. The van der Waals surface area contributed by atoms with Crippen LogP contribution >= 0.6 is 0 Å². The molecule has 6 rings (SSSR count). The van der Waals surface area contributed by atoms with E-state index in [9.17, 15) is 9.50 Å². The van der Waals surface area contributed by atoms with Crippen LogP contribution in [0, 0.1) is 5.82 Å². The number of imidazole rings is 1. The predicted molar refractivity (Wildman–Crippen MR) is 143 cm³/mol. The molecule has 0 unspecified atom stereocenters. The second-order valence-electron chi connectivity index (χ2n) is 9.23. The molecule has 0 aliphatic heterocycles. The molecule has 0 saturated heterocycles. The highest BCUT2D eigenvalue weighted by Crippen LogP contribution is 2.34. The molecule has 0 aliphatic carbocycles. The van der Waals surface area contributed by atoms with Gasteiger partial charge in [-0.3, -0.25) is 10.1 Å². The zero-order chi connectivity index (χ0) is 26.2. The van der Waals surface area contributed by atoms with Gasteiger partial charge in [0.2, 0.25) is 0 Å².